The normalized spacial score (nSPS) is 38.1. The summed E-state index contributed by atoms with van der Waals surface area (Å²) in [5.41, 5.74) is 0.918. The van der Waals surface area contributed by atoms with Crippen molar-refractivity contribution in [1.82, 2.24) is 4.90 Å². The summed E-state index contributed by atoms with van der Waals surface area (Å²) >= 11 is 0. The van der Waals surface area contributed by atoms with Crippen molar-refractivity contribution in [2.45, 2.75) is 70.2 Å². The van der Waals surface area contributed by atoms with Gasteiger partial charge in [0.05, 0.1) is 11.2 Å². The molecule has 2 atom stereocenters. The zero-order valence-corrected chi connectivity index (χ0v) is 12.2. The second-order valence-electron chi connectivity index (χ2n) is 7.00. The topological polar surface area (TPSA) is 21.7 Å². The van der Waals surface area contributed by atoms with Crippen LogP contribution in [0.1, 0.15) is 47.0 Å². The molecule has 0 radical (unpaired) electrons. The Morgan fingerprint density at radius 1 is 1.17 bits per heavy atom. The highest BCUT2D eigenvalue weighted by Crippen LogP contribution is 2.42. The van der Waals surface area contributed by atoms with Gasteiger partial charge in [0.25, 0.3) is 0 Å². The van der Waals surface area contributed by atoms with Crippen LogP contribution in [0.3, 0.4) is 0 Å². The van der Waals surface area contributed by atoms with Gasteiger partial charge in [-0.2, -0.15) is 0 Å². The summed E-state index contributed by atoms with van der Waals surface area (Å²) in [6, 6.07) is 1.28. The molecule has 3 nitrogen and oxygen atoms in total. The Labute approximate surface area is 111 Å². The largest absolute Gasteiger partial charge is 0.490 e. The van der Waals surface area contributed by atoms with Crippen molar-refractivity contribution in [2.75, 3.05) is 7.05 Å². The molecule has 0 aromatic heterocycles. The van der Waals surface area contributed by atoms with Gasteiger partial charge in [-0.25, -0.2) is 0 Å². The van der Waals surface area contributed by atoms with Crippen molar-refractivity contribution in [1.29, 1.82) is 0 Å². The predicted octanol–water partition coefficient (Wildman–Crippen LogP) is 2.41. The molecule has 4 heteroatoms. The van der Waals surface area contributed by atoms with Gasteiger partial charge >= 0.3 is 7.12 Å². The monoisotopic (exact) mass is 249 g/mol. The van der Waals surface area contributed by atoms with Crippen molar-refractivity contribution in [2.24, 2.45) is 0 Å². The molecule has 100 valence electrons. The van der Waals surface area contributed by atoms with E-state index >= 15 is 0 Å². The van der Waals surface area contributed by atoms with Gasteiger partial charge in [-0.05, 0) is 59.5 Å². The highest BCUT2D eigenvalue weighted by Gasteiger charge is 2.53. The molecule has 0 aromatic rings. The van der Waals surface area contributed by atoms with Gasteiger partial charge < -0.3 is 9.31 Å². The van der Waals surface area contributed by atoms with Crippen molar-refractivity contribution in [3.63, 3.8) is 0 Å². The molecular formula is C14H24BNO2. The van der Waals surface area contributed by atoms with E-state index in [1.165, 1.54) is 18.3 Å². The van der Waals surface area contributed by atoms with Crippen LogP contribution in [0.15, 0.2) is 11.5 Å². The number of hydrogen-bond donors (Lipinski definition) is 0. The third kappa shape index (κ3) is 1.77. The first-order valence-corrected chi connectivity index (χ1v) is 7.08. The van der Waals surface area contributed by atoms with Crippen LogP contribution in [0.4, 0.5) is 0 Å². The summed E-state index contributed by atoms with van der Waals surface area (Å²) in [4.78, 5) is 2.49. The van der Waals surface area contributed by atoms with Crippen LogP contribution < -0.4 is 0 Å². The van der Waals surface area contributed by atoms with Gasteiger partial charge in [0, 0.05) is 12.1 Å². The van der Waals surface area contributed by atoms with Gasteiger partial charge in [-0.3, -0.25) is 4.90 Å². The molecule has 0 amide bonds. The SMILES string of the molecule is CN1[C@H]2CC[C@@H]1C=C(B1OC(C)(C)C(C)(C)O1)C2. The van der Waals surface area contributed by atoms with Gasteiger partial charge in [-0.15, -0.1) is 0 Å². The minimum absolute atomic E-state index is 0.133. The Balaban J connectivity index is 1.80. The lowest BCUT2D eigenvalue weighted by molar-refractivity contribution is 0.00578. The van der Waals surface area contributed by atoms with E-state index in [0.29, 0.717) is 12.1 Å². The molecule has 0 saturated carbocycles. The van der Waals surface area contributed by atoms with Crippen LogP contribution in [0.25, 0.3) is 0 Å². The molecule has 2 fully saturated rings. The number of likely N-dealkylation sites (N-methyl/N-ethyl adjacent to an activating group) is 1. The van der Waals surface area contributed by atoms with Gasteiger partial charge in [0.1, 0.15) is 0 Å². The van der Waals surface area contributed by atoms with Crippen LogP contribution in [0, 0.1) is 0 Å². The van der Waals surface area contributed by atoms with E-state index in [1.54, 1.807) is 0 Å². The lowest BCUT2D eigenvalue weighted by atomic mass is 9.73. The molecule has 0 aliphatic carbocycles. The summed E-state index contributed by atoms with van der Waals surface area (Å²) in [6.45, 7) is 8.49. The maximum absolute atomic E-state index is 6.15. The first-order chi connectivity index (χ1) is 8.30. The maximum atomic E-state index is 6.15. The van der Waals surface area contributed by atoms with E-state index in [-0.39, 0.29) is 18.3 Å². The molecule has 3 rings (SSSR count). The Morgan fingerprint density at radius 2 is 1.78 bits per heavy atom. The first kappa shape index (κ1) is 12.7. The van der Waals surface area contributed by atoms with Crippen molar-refractivity contribution in [3.05, 3.63) is 11.5 Å². The Bertz CT molecular complexity index is 375. The highest BCUT2D eigenvalue weighted by atomic mass is 16.7. The fourth-order valence-corrected chi connectivity index (χ4v) is 3.24. The van der Waals surface area contributed by atoms with E-state index in [4.69, 9.17) is 9.31 Å². The second kappa shape index (κ2) is 3.84. The third-order valence-electron chi connectivity index (χ3n) is 5.33. The standard InChI is InChI=1S/C14H24BNO2/c1-13(2)14(3,4)18-15(17-13)10-8-11-6-7-12(9-10)16(11)5/h8,11-12H,6-7,9H2,1-5H3/t11-,12+/m1/s1. The first-order valence-electron chi connectivity index (χ1n) is 7.08. The molecule has 2 bridgehead atoms. The molecule has 0 N–H and O–H groups in total. The zero-order chi connectivity index (χ0) is 13.1. The molecule has 3 aliphatic heterocycles. The smallest absolute Gasteiger partial charge is 0.400 e. The lowest BCUT2D eigenvalue weighted by Crippen LogP contribution is -2.41. The van der Waals surface area contributed by atoms with Crippen molar-refractivity contribution in [3.8, 4) is 0 Å². The summed E-state index contributed by atoms with van der Waals surface area (Å²) < 4.78 is 12.3. The second-order valence-corrected chi connectivity index (χ2v) is 7.00. The molecule has 0 unspecified atom stereocenters. The van der Waals surface area contributed by atoms with Crippen LogP contribution in [-0.2, 0) is 9.31 Å². The predicted molar refractivity (Wildman–Crippen MR) is 73.4 cm³/mol. The van der Waals surface area contributed by atoms with E-state index in [9.17, 15) is 0 Å². The van der Waals surface area contributed by atoms with E-state index in [0.717, 1.165) is 6.42 Å². The zero-order valence-electron chi connectivity index (χ0n) is 12.2. The highest BCUT2D eigenvalue weighted by molar-refractivity contribution is 6.54. The molecular weight excluding hydrogens is 225 g/mol. The summed E-state index contributed by atoms with van der Waals surface area (Å²) in [5, 5.41) is 0. The van der Waals surface area contributed by atoms with Crippen LogP contribution in [0.5, 0.6) is 0 Å². The average molecular weight is 249 g/mol. The summed E-state index contributed by atoms with van der Waals surface area (Å²) in [6.07, 6.45) is 6.07. The number of hydrogen-bond acceptors (Lipinski definition) is 3. The number of rotatable bonds is 1. The maximum Gasteiger partial charge on any atom is 0.490 e. The molecule has 3 heterocycles. The van der Waals surface area contributed by atoms with Crippen LogP contribution >= 0.6 is 0 Å². The van der Waals surface area contributed by atoms with Gasteiger partial charge in [0.15, 0.2) is 0 Å². The third-order valence-corrected chi connectivity index (χ3v) is 5.33. The van der Waals surface area contributed by atoms with Crippen LogP contribution in [0.2, 0.25) is 0 Å². The Morgan fingerprint density at radius 3 is 2.33 bits per heavy atom. The molecule has 18 heavy (non-hydrogen) atoms. The van der Waals surface area contributed by atoms with Crippen molar-refractivity contribution >= 4 is 7.12 Å². The molecule has 0 aromatic carbocycles. The fraction of sp³-hybridized carbons (Fsp3) is 0.857. The van der Waals surface area contributed by atoms with E-state index in [2.05, 4.69) is 45.7 Å². The van der Waals surface area contributed by atoms with E-state index < -0.39 is 0 Å². The fourth-order valence-electron chi connectivity index (χ4n) is 3.24. The minimum atomic E-state index is -0.221. The number of fused-ring (bicyclic) bond motifs is 2. The van der Waals surface area contributed by atoms with Crippen molar-refractivity contribution < 1.29 is 9.31 Å². The van der Waals surface area contributed by atoms with E-state index in [1.807, 2.05) is 0 Å². The lowest BCUT2D eigenvalue weighted by Gasteiger charge is -2.32. The quantitative estimate of drug-likeness (QED) is 0.666. The summed E-state index contributed by atoms with van der Waals surface area (Å²) in [5.74, 6) is 0. The Kier molecular flexibility index (Phi) is 2.71. The molecule has 3 aliphatic rings. The van der Waals surface area contributed by atoms with Gasteiger partial charge in [-0.1, -0.05) is 6.08 Å². The van der Waals surface area contributed by atoms with Crippen LogP contribution in [-0.4, -0.2) is 42.4 Å². The molecule has 2 saturated heterocycles. The molecule has 0 spiro atoms. The Hall–Kier alpha value is -0.315. The van der Waals surface area contributed by atoms with Gasteiger partial charge in [0.2, 0.25) is 0 Å². The average Bonchev–Trinajstić information content (AvgIpc) is 2.59. The number of nitrogens with zero attached hydrogens (tertiary/aromatic N) is 1. The minimum Gasteiger partial charge on any atom is -0.400 e. The summed E-state index contributed by atoms with van der Waals surface area (Å²) in [7, 11) is 2.10.